The van der Waals surface area contributed by atoms with Crippen molar-refractivity contribution in [1.82, 2.24) is 15.2 Å². The number of hydrogen-bond acceptors (Lipinski definition) is 6. The molecule has 6 nitrogen and oxygen atoms in total. The third-order valence-electron chi connectivity index (χ3n) is 4.99. The minimum Gasteiger partial charge on any atom is -0.366 e. The Kier molecular flexibility index (Phi) is 5.32. The summed E-state index contributed by atoms with van der Waals surface area (Å²) in [4.78, 5) is 8.85. The van der Waals surface area contributed by atoms with Crippen molar-refractivity contribution < 1.29 is 4.39 Å². The molecule has 0 bridgehead atoms. The van der Waals surface area contributed by atoms with Gasteiger partial charge in [-0.1, -0.05) is 37.3 Å². The van der Waals surface area contributed by atoms with Gasteiger partial charge in [0.1, 0.15) is 5.82 Å². The zero-order chi connectivity index (χ0) is 19.3. The Morgan fingerprint density at radius 3 is 2.46 bits per heavy atom. The van der Waals surface area contributed by atoms with Gasteiger partial charge in [0, 0.05) is 31.9 Å². The molecule has 144 valence electrons. The SMILES string of the molecule is CCc1ccccc1Nc1nncc(N2CCN(c3ccccc3F)CC2)n1. The highest BCUT2D eigenvalue weighted by Gasteiger charge is 2.21. The van der Waals surface area contributed by atoms with E-state index in [1.54, 1.807) is 12.3 Å². The van der Waals surface area contributed by atoms with Crippen LogP contribution in [0.5, 0.6) is 0 Å². The van der Waals surface area contributed by atoms with Crippen molar-refractivity contribution in [3.63, 3.8) is 0 Å². The number of para-hydroxylation sites is 2. The summed E-state index contributed by atoms with van der Waals surface area (Å²) in [7, 11) is 0. The van der Waals surface area contributed by atoms with Gasteiger partial charge in [-0.3, -0.25) is 0 Å². The summed E-state index contributed by atoms with van der Waals surface area (Å²) in [5.74, 6) is 1.08. The number of anilines is 4. The molecule has 3 aromatic rings. The van der Waals surface area contributed by atoms with Crippen LogP contribution < -0.4 is 15.1 Å². The third kappa shape index (κ3) is 3.88. The first-order chi connectivity index (χ1) is 13.7. The van der Waals surface area contributed by atoms with E-state index in [1.807, 2.05) is 30.3 Å². The summed E-state index contributed by atoms with van der Waals surface area (Å²) in [6.07, 6.45) is 2.60. The molecule has 1 aliphatic heterocycles. The second kappa shape index (κ2) is 8.21. The third-order valence-corrected chi connectivity index (χ3v) is 4.99. The topological polar surface area (TPSA) is 57.2 Å². The molecule has 1 aromatic heterocycles. The largest absolute Gasteiger partial charge is 0.366 e. The molecule has 1 fully saturated rings. The predicted octanol–water partition coefficient (Wildman–Crippen LogP) is 3.64. The van der Waals surface area contributed by atoms with Gasteiger partial charge in [-0.25, -0.2) is 4.39 Å². The monoisotopic (exact) mass is 378 g/mol. The quantitative estimate of drug-likeness (QED) is 0.732. The molecule has 1 aliphatic rings. The Morgan fingerprint density at radius 2 is 1.68 bits per heavy atom. The molecule has 2 aromatic carbocycles. The van der Waals surface area contributed by atoms with Crippen LogP contribution in [-0.2, 0) is 6.42 Å². The maximum atomic E-state index is 14.0. The van der Waals surface area contributed by atoms with Crippen LogP contribution in [0.2, 0.25) is 0 Å². The molecule has 0 unspecified atom stereocenters. The van der Waals surface area contributed by atoms with Crippen LogP contribution in [0.1, 0.15) is 12.5 Å². The van der Waals surface area contributed by atoms with E-state index < -0.39 is 0 Å². The van der Waals surface area contributed by atoms with Gasteiger partial charge >= 0.3 is 0 Å². The molecule has 1 N–H and O–H groups in total. The molecule has 4 rings (SSSR count). The molecule has 0 saturated carbocycles. The molecule has 1 saturated heterocycles. The van der Waals surface area contributed by atoms with E-state index in [4.69, 9.17) is 0 Å². The molecule has 2 heterocycles. The first-order valence-electron chi connectivity index (χ1n) is 9.53. The van der Waals surface area contributed by atoms with Crippen molar-refractivity contribution in [1.29, 1.82) is 0 Å². The fourth-order valence-corrected chi connectivity index (χ4v) is 3.46. The maximum Gasteiger partial charge on any atom is 0.249 e. The summed E-state index contributed by atoms with van der Waals surface area (Å²) in [5.41, 5.74) is 2.85. The Balaban J connectivity index is 1.45. The lowest BCUT2D eigenvalue weighted by Crippen LogP contribution is -2.47. The van der Waals surface area contributed by atoms with Crippen LogP contribution in [0, 0.1) is 5.82 Å². The summed E-state index contributed by atoms with van der Waals surface area (Å²) in [6, 6.07) is 15.0. The highest BCUT2D eigenvalue weighted by atomic mass is 19.1. The highest BCUT2D eigenvalue weighted by molar-refractivity contribution is 5.59. The lowest BCUT2D eigenvalue weighted by Gasteiger charge is -2.36. The van der Waals surface area contributed by atoms with Crippen molar-refractivity contribution >= 4 is 23.1 Å². The minimum atomic E-state index is -0.180. The number of benzene rings is 2. The lowest BCUT2D eigenvalue weighted by molar-refractivity contribution is 0.595. The highest BCUT2D eigenvalue weighted by Crippen LogP contribution is 2.23. The van der Waals surface area contributed by atoms with Crippen molar-refractivity contribution in [2.24, 2.45) is 0 Å². The van der Waals surface area contributed by atoms with Gasteiger partial charge < -0.3 is 15.1 Å². The van der Waals surface area contributed by atoms with Crippen molar-refractivity contribution in [3.8, 4) is 0 Å². The van der Waals surface area contributed by atoms with Crippen LogP contribution in [0.15, 0.2) is 54.7 Å². The van der Waals surface area contributed by atoms with Gasteiger partial charge in [0.25, 0.3) is 0 Å². The van der Waals surface area contributed by atoms with Crippen LogP contribution in [0.4, 0.5) is 27.5 Å². The maximum absolute atomic E-state index is 14.0. The Morgan fingerprint density at radius 1 is 0.964 bits per heavy atom. The summed E-state index contributed by atoms with van der Waals surface area (Å²) in [5, 5.41) is 11.5. The molecule has 0 atom stereocenters. The summed E-state index contributed by atoms with van der Waals surface area (Å²) >= 11 is 0. The fraction of sp³-hybridized carbons (Fsp3) is 0.286. The van der Waals surface area contributed by atoms with Crippen LogP contribution in [0.25, 0.3) is 0 Å². The molecular weight excluding hydrogens is 355 g/mol. The zero-order valence-electron chi connectivity index (χ0n) is 15.8. The van der Waals surface area contributed by atoms with Crippen molar-refractivity contribution in [2.75, 3.05) is 41.3 Å². The predicted molar refractivity (Wildman–Crippen MR) is 110 cm³/mol. The van der Waals surface area contributed by atoms with Gasteiger partial charge in [-0.15, -0.1) is 5.10 Å². The number of piperazine rings is 1. The average molecular weight is 378 g/mol. The van der Waals surface area contributed by atoms with Crippen LogP contribution in [0.3, 0.4) is 0 Å². The van der Waals surface area contributed by atoms with Gasteiger partial charge in [0.15, 0.2) is 5.82 Å². The van der Waals surface area contributed by atoms with E-state index in [0.717, 1.165) is 44.1 Å². The van der Waals surface area contributed by atoms with Gasteiger partial charge in [-0.05, 0) is 30.2 Å². The minimum absolute atomic E-state index is 0.180. The molecule has 7 heteroatoms. The first kappa shape index (κ1) is 18.2. The molecule has 0 radical (unpaired) electrons. The van der Waals surface area contributed by atoms with Gasteiger partial charge in [0.2, 0.25) is 5.95 Å². The zero-order valence-corrected chi connectivity index (χ0v) is 15.8. The second-order valence-electron chi connectivity index (χ2n) is 6.70. The van der Waals surface area contributed by atoms with Crippen LogP contribution in [-0.4, -0.2) is 41.4 Å². The molecule has 28 heavy (non-hydrogen) atoms. The van der Waals surface area contributed by atoms with Gasteiger partial charge in [-0.2, -0.15) is 10.1 Å². The second-order valence-corrected chi connectivity index (χ2v) is 6.70. The smallest absolute Gasteiger partial charge is 0.249 e. The molecule has 0 spiro atoms. The van der Waals surface area contributed by atoms with Gasteiger partial charge in [0.05, 0.1) is 11.9 Å². The number of aromatic nitrogens is 3. The number of halogens is 1. The van der Waals surface area contributed by atoms with E-state index in [-0.39, 0.29) is 5.82 Å². The van der Waals surface area contributed by atoms with E-state index in [1.165, 1.54) is 11.6 Å². The average Bonchev–Trinajstić information content (AvgIpc) is 2.75. The number of nitrogens with zero attached hydrogens (tertiary/aromatic N) is 5. The van der Waals surface area contributed by atoms with E-state index in [2.05, 4.69) is 43.3 Å². The Labute approximate surface area is 164 Å². The lowest BCUT2D eigenvalue weighted by atomic mass is 10.1. The Bertz CT molecular complexity index is 939. The number of nitrogens with one attached hydrogen (secondary N) is 1. The van der Waals surface area contributed by atoms with Crippen molar-refractivity contribution in [3.05, 3.63) is 66.1 Å². The number of aryl methyl sites for hydroxylation is 1. The molecule has 0 aliphatic carbocycles. The van der Waals surface area contributed by atoms with E-state index in [0.29, 0.717) is 11.6 Å². The van der Waals surface area contributed by atoms with E-state index >= 15 is 0 Å². The molecule has 0 amide bonds. The number of hydrogen-bond donors (Lipinski definition) is 1. The van der Waals surface area contributed by atoms with Crippen molar-refractivity contribution in [2.45, 2.75) is 13.3 Å². The number of rotatable bonds is 5. The molecular formula is C21H23FN6. The Hall–Kier alpha value is -3.22. The van der Waals surface area contributed by atoms with E-state index in [9.17, 15) is 4.39 Å². The standard InChI is InChI=1S/C21H23FN6/c1-2-16-7-3-5-9-18(16)24-21-25-20(15-23-26-21)28-13-11-27(12-14-28)19-10-6-4-8-17(19)22/h3-10,15H,2,11-14H2,1H3,(H,24,25,26). The normalized spacial score (nSPS) is 14.2. The first-order valence-corrected chi connectivity index (χ1v) is 9.53. The summed E-state index contributed by atoms with van der Waals surface area (Å²) in [6.45, 7) is 5.07. The van der Waals surface area contributed by atoms with Crippen LogP contribution >= 0.6 is 0 Å². The fourth-order valence-electron chi connectivity index (χ4n) is 3.46. The summed E-state index contributed by atoms with van der Waals surface area (Å²) < 4.78 is 14.0.